The topological polar surface area (TPSA) is 69.7 Å². The van der Waals surface area contributed by atoms with Gasteiger partial charge in [-0.2, -0.15) is 0 Å². The van der Waals surface area contributed by atoms with Crippen molar-refractivity contribution in [1.82, 2.24) is 0 Å². The lowest BCUT2D eigenvalue weighted by molar-refractivity contribution is -0.127. The normalized spacial score (nSPS) is 28.8. The fraction of sp³-hybridized carbons (Fsp3) is 0.531. The first-order valence-electron chi connectivity index (χ1n) is 13.5. The summed E-state index contributed by atoms with van der Waals surface area (Å²) in [4.78, 5) is 39.9. The third kappa shape index (κ3) is 4.51. The molecule has 0 aliphatic heterocycles. The Bertz CT molecular complexity index is 1230. The largest absolute Gasteiger partial charge is 0.454 e. The Kier molecular flexibility index (Phi) is 6.32. The van der Waals surface area contributed by atoms with Crippen LogP contribution in [0.15, 0.2) is 48.5 Å². The van der Waals surface area contributed by atoms with E-state index in [2.05, 4.69) is 41.5 Å². The molecule has 196 valence electrons. The van der Waals surface area contributed by atoms with Gasteiger partial charge in [0.25, 0.3) is 0 Å². The van der Waals surface area contributed by atoms with E-state index in [1.165, 1.54) is 0 Å². The molecule has 37 heavy (non-hydrogen) atoms. The van der Waals surface area contributed by atoms with Gasteiger partial charge in [0, 0.05) is 24.2 Å². The molecule has 6 atom stereocenters. The van der Waals surface area contributed by atoms with E-state index >= 15 is 0 Å². The maximum absolute atomic E-state index is 13.6. The predicted octanol–water partition coefficient (Wildman–Crippen LogP) is 6.28. The van der Waals surface area contributed by atoms with E-state index in [1.54, 1.807) is 12.1 Å². The Morgan fingerprint density at radius 1 is 0.703 bits per heavy atom. The maximum atomic E-state index is 13.6. The Morgan fingerprint density at radius 2 is 1.16 bits per heavy atom. The number of esters is 2. The van der Waals surface area contributed by atoms with Crippen LogP contribution in [0.5, 0.6) is 0 Å². The van der Waals surface area contributed by atoms with Crippen LogP contribution >= 0.6 is 0 Å². The summed E-state index contributed by atoms with van der Waals surface area (Å²) in [5, 5.41) is 0. The van der Waals surface area contributed by atoms with Gasteiger partial charge in [0.15, 0.2) is 0 Å². The third-order valence-corrected chi connectivity index (χ3v) is 8.68. The molecule has 3 aliphatic carbocycles. The quantitative estimate of drug-likeness (QED) is 0.461. The second kappa shape index (κ2) is 9.11. The lowest BCUT2D eigenvalue weighted by Gasteiger charge is -2.37. The molecule has 0 radical (unpaired) electrons. The Morgan fingerprint density at radius 3 is 1.65 bits per heavy atom. The lowest BCUT2D eigenvalue weighted by Crippen LogP contribution is -2.46. The number of benzene rings is 2. The van der Waals surface area contributed by atoms with Crippen molar-refractivity contribution in [2.45, 2.75) is 83.8 Å². The van der Waals surface area contributed by atoms with Gasteiger partial charge in [-0.15, -0.1) is 0 Å². The van der Waals surface area contributed by atoms with Gasteiger partial charge < -0.3 is 9.47 Å². The van der Waals surface area contributed by atoms with Crippen LogP contribution in [0, 0.1) is 23.7 Å². The highest BCUT2D eigenvalue weighted by atomic mass is 16.6. The predicted molar refractivity (Wildman–Crippen MR) is 142 cm³/mol. The van der Waals surface area contributed by atoms with E-state index in [0.29, 0.717) is 17.5 Å². The number of carbonyl (C=O) groups excluding carboxylic acids is 3. The van der Waals surface area contributed by atoms with E-state index in [0.717, 1.165) is 24.0 Å². The van der Waals surface area contributed by atoms with Crippen LogP contribution in [0.2, 0.25) is 0 Å². The zero-order valence-electron chi connectivity index (χ0n) is 22.7. The number of ketones is 1. The molecule has 5 heteroatoms. The van der Waals surface area contributed by atoms with Crippen molar-refractivity contribution in [2.75, 3.05) is 0 Å². The Balaban J connectivity index is 1.46. The summed E-state index contributed by atoms with van der Waals surface area (Å²) in [6.07, 6.45) is 0.954. The smallest absolute Gasteiger partial charge is 0.338 e. The minimum atomic E-state index is -0.625. The van der Waals surface area contributed by atoms with Crippen LogP contribution in [0.1, 0.15) is 92.6 Å². The molecule has 3 fully saturated rings. The van der Waals surface area contributed by atoms with E-state index < -0.39 is 18.2 Å². The summed E-state index contributed by atoms with van der Waals surface area (Å²) in [7, 11) is 0. The summed E-state index contributed by atoms with van der Waals surface area (Å²) in [5.74, 6) is -0.519. The van der Waals surface area contributed by atoms with Crippen LogP contribution in [-0.4, -0.2) is 29.9 Å². The molecule has 5 rings (SSSR count). The van der Waals surface area contributed by atoms with E-state index in [9.17, 15) is 14.4 Å². The van der Waals surface area contributed by atoms with Gasteiger partial charge in [0.1, 0.15) is 18.0 Å². The van der Waals surface area contributed by atoms with Gasteiger partial charge in [-0.25, -0.2) is 9.59 Å². The average molecular weight is 503 g/mol. The standard InChI is InChI=1S/C32H38O5/c1-31(2,3)23-13-9-7-11-19(23)29(34)36-27-21-17-22(26-18(21)15-16-25(26)33)28(27)37-30(35)20-12-8-10-14-24(20)32(4,5)6/h7-14,18,21-22,26-28H,15-17H2,1-6H3. The van der Waals surface area contributed by atoms with Crippen molar-refractivity contribution in [1.29, 1.82) is 0 Å². The first-order chi connectivity index (χ1) is 17.4. The van der Waals surface area contributed by atoms with Crippen molar-refractivity contribution in [3.05, 3.63) is 70.8 Å². The van der Waals surface area contributed by atoms with Gasteiger partial charge in [-0.3, -0.25) is 4.79 Å². The zero-order valence-corrected chi connectivity index (χ0v) is 22.7. The van der Waals surface area contributed by atoms with Gasteiger partial charge >= 0.3 is 11.9 Å². The minimum absolute atomic E-state index is 0.0304. The number of fused-ring (bicyclic) bond motifs is 5. The van der Waals surface area contributed by atoms with Gasteiger partial charge in [0.2, 0.25) is 0 Å². The maximum Gasteiger partial charge on any atom is 0.338 e. The highest BCUT2D eigenvalue weighted by Crippen LogP contribution is 2.59. The van der Waals surface area contributed by atoms with Gasteiger partial charge in [-0.1, -0.05) is 77.9 Å². The summed E-state index contributed by atoms with van der Waals surface area (Å²) < 4.78 is 12.4. The SMILES string of the molecule is CC(C)(C)c1ccccc1C(=O)OC1C2CC(C1OC(=O)c1ccccc1C(C)(C)C)C1C(=O)CCC21. The van der Waals surface area contributed by atoms with Crippen molar-refractivity contribution in [3.8, 4) is 0 Å². The lowest BCUT2D eigenvalue weighted by atomic mass is 9.78. The molecule has 0 spiro atoms. The molecule has 3 aliphatic rings. The summed E-state index contributed by atoms with van der Waals surface area (Å²) in [6.45, 7) is 12.4. The number of rotatable bonds is 4. The van der Waals surface area contributed by atoms with Crippen LogP contribution in [0.3, 0.4) is 0 Å². The molecular formula is C32H38O5. The van der Waals surface area contributed by atoms with Crippen molar-refractivity contribution in [2.24, 2.45) is 23.7 Å². The number of carbonyl (C=O) groups is 3. The molecule has 0 N–H and O–H groups in total. The van der Waals surface area contributed by atoms with E-state index in [4.69, 9.17) is 9.47 Å². The molecule has 0 aromatic heterocycles. The Labute approximate surface area is 219 Å². The number of hydrogen-bond donors (Lipinski definition) is 0. The summed E-state index contributed by atoms with van der Waals surface area (Å²) >= 11 is 0. The monoisotopic (exact) mass is 502 g/mol. The highest BCUT2D eigenvalue weighted by Gasteiger charge is 2.64. The first-order valence-corrected chi connectivity index (χ1v) is 13.5. The molecule has 2 bridgehead atoms. The zero-order chi connectivity index (χ0) is 26.7. The van der Waals surface area contributed by atoms with E-state index in [-0.39, 0.29) is 46.3 Å². The number of ether oxygens (including phenoxy) is 2. The molecule has 0 saturated heterocycles. The first kappa shape index (κ1) is 25.7. The molecule has 2 aromatic carbocycles. The third-order valence-electron chi connectivity index (χ3n) is 8.68. The second-order valence-electron chi connectivity index (χ2n) is 13.1. The summed E-state index contributed by atoms with van der Waals surface area (Å²) in [5.41, 5.74) is 2.43. The molecule has 5 nitrogen and oxygen atoms in total. The molecule has 2 aromatic rings. The van der Waals surface area contributed by atoms with Crippen molar-refractivity contribution in [3.63, 3.8) is 0 Å². The van der Waals surface area contributed by atoms with Crippen LogP contribution in [0.4, 0.5) is 0 Å². The fourth-order valence-electron chi connectivity index (χ4n) is 7.08. The number of Topliss-reactive ketones (excluding diaryl/α,β-unsaturated/α-hetero) is 1. The Hall–Kier alpha value is -2.95. The molecule has 6 unspecified atom stereocenters. The highest BCUT2D eigenvalue weighted by molar-refractivity contribution is 5.93. The van der Waals surface area contributed by atoms with Gasteiger partial charge in [-0.05, 0) is 52.8 Å². The van der Waals surface area contributed by atoms with Crippen LogP contribution in [0.25, 0.3) is 0 Å². The summed E-state index contributed by atoms with van der Waals surface area (Å²) in [6, 6.07) is 15.1. The van der Waals surface area contributed by atoms with Crippen LogP contribution < -0.4 is 0 Å². The molecule has 0 heterocycles. The van der Waals surface area contributed by atoms with Crippen LogP contribution in [-0.2, 0) is 25.1 Å². The minimum Gasteiger partial charge on any atom is -0.454 e. The van der Waals surface area contributed by atoms with Gasteiger partial charge in [0.05, 0.1) is 11.1 Å². The molecular weight excluding hydrogens is 464 g/mol. The second-order valence-corrected chi connectivity index (χ2v) is 13.1. The molecule has 0 amide bonds. The van der Waals surface area contributed by atoms with Crippen molar-refractivity contribution < 1.29 is 23.9 Å². The van der Waals surface area contributed by atoms with Crippen molar-refractivity contribution >= 4 is 17.7 Å². The number of hydrogen-bond acceptors (Lipinski definition) is 5. The molecule has 3 saturated carbocycles. The van der Waals surface area contributed by atoms with E-state index in [1.807, 2.05) is 36.4 Å². The average Bonchev–Trinajstić information content (AvgIpc) is 3.50. The fourth-order valence-corrected chi connectivity index (χ4v) is 7.08.